The van der Waals surface area contributed by atoms with Crippen molar-refractivity contribution in [3.63, 3.8) is 0 Å². The van der Waals surface area contributed by atoms with E-state index in [0.29, 0.717) is 12.0 Å². The van der Waals surface area contributed by atoms with Gasteiger partial charge in [0.1, 0.15) is 0 Å². The summed E-state index contributed by atoms with van der Waals surface area (Å²) in [5.41, 5.74) is 1.54. The van der Waals surface area contributed by atoms with Crippen molar-refractivity contribution in [1.82, 2.24) is 4.90 Å². The number of rotatable bonds is 2. The molecule has 0 radical (unpaired) electrons. The lowest BCUT2D eigenvalue weighted by molar-refractivity contribution is 0.0760. The molecule has 1 aromatic rings. The van der Waals surface area contributed by atoms with Crippen LogP contribution in [0.1, 0.15) is 41.6 Å². The van der Waals surface area contributed by atoms with Crippen molar-refractivity contribution in [2.24, 2.45) is 0 Å². The van der Waals surface area contributed by atoms with Crippen molar-refractivity contribution >= 4 is 5.91 Å². The lowest BCUT2D eigenvalue weighted by Crippen LogP contribution is -2.32. The third-order valence-electron chi connectivity index (χ3n) is 3.41. The Morgan fingerprint density at radius 2 is 1.83 bits per heavy atom. The van der Waals surface area contributed by atoms with Crippen LogP contribution in [0.4, 0.5) is 0 Å². The van der Waals surface area contributed by atoms with Gasteiger partial charge < -0.3 is 4.90 Å². The molecule has 2 rings (SSSR count). The Hall–Kier alpha value is -1.82. The third-order valence-corrected chi connectivity index (χ3v) is 3.41. The van der Waals surface area contributed by atoms with Gasteiger partial charge in [0.2, 0.25) is 0 Å². The Morgan fingerprint density at radius 3 is 2.50 bits per heavy atom. The van der Waals surface area contributed by atoms with Crippen LogP contribution in [-0.4, -0.2) is 23.9 Å². The molecule has 1 aliphatic rings. The quantitative estimate of drug-likeness (QED) is 0.800. The maximum atomic E-state index is 12.5. The Balaban J connectivity index is 2.19. The number of benzene rings is 1. The molecule has 3 nitrogen and oxygen atoms in total. The molecule has 1 heterocycles. The fourth-order valence-electron chi connectivity index (χ4n) is 2.41. The van der Waals surface area contributed by atoms with Gasteiger partial charge in [0.25, 0.3) is 5.91 Å². The average Bonchev–Trinajstić information content (AvgIpc) is 2.68. The number of hydrogen-bond acceptors (Lipinski definition) is 2. The number of likely N-dealkylation sites (tertiary alicyclic amines) is 1. The molecule has 1 saturated heterocycles. The minimum atomic E-state index is 0.0859. The molecule has 0 saturated carbocycles. The van der Waals surface area contributed by atoms with Crippen LogP contribution in [0.25, 0.3) is 0 Å². The van der Waals surface area contributed by atoms with Gasteiger partial charge in [0.15, 0.2) is 0 Å². The summed E-state index contributed by atoms with van der Waals surface area (Å²) in [5, 5.41) is 8.81. The van der Waals surface area contributed by atoms with Gasteiger partial charge in [0.05, 0.1) is 12.5 Å². The predicted molar refractivity (Wildman–Crippen MR) is 70.1 cm³/mol. The van der Waals surface area contributed by atoms with Crippen LogP contribution in [0, 0.1) is 11.3 Å². The number of hydrogen-bond donors (Lipinski definition) is 0. The summed E-state index contributed by atoms with van der Waals surface area (Å²) in [6, 6.07) is 9.57. The van der Waals surface area contributed by atoms with Crippen LogP contribution < -0.4 is 0 Å². The normalized spacial score (nSPS) is 15.8. The number of carbonyl (C=O) groups is 1. The minimum Gasteiger partial charge on any atom is -0.339 e. The number of nitriles is 1. The Labute approximate surface area is 108 Å². The zero-order chi connectivity index (χ0) is 12.8. The second-order valence-electron chi connectivity index (χ2n) is 4.70. The summed E-state index contributed by atoms with van der Waals surface area (Å²) in [4.78, 5) is 14.4. The fourth-order valence-corrected chi connectivity index (χ4v) is 2.41. The summed E-state index contributed by atoms with van der Waals surface area (Å²) < 4.78 is 0. The van der Waals surface area contributed by atoms with Gasteiger partial charge >= 0.3 is 0 Å². The summed E-state index contributed by atoms with van der Waals surface area (Å²) >= 11 is 0. The van der Waals surface area contributed by atoms with E-state index < -0.39 is 0 Å². The van der Waals surface area contributed by atoms with E-state index in [1.165, 1.54) is 12.8 Å². The van der Waals surface area contributed by atoms with Crippen LogP contribution in [-0.2, 0) is 6.42 Å². The molecule has 0 bridgehead atoms. The molecule has 1 amide bonds. The molecule has 0 atom stereocenters. The van der Waals surface area contributed by atoms with Crippen molar-refractivity contribution in [1.29, 1.82) is 5.26 Å². The largest absolute Gasteiger partial charge is 0.339 e. The molecule has 3 heteroatoms. The molecule has 94 valence electrons. The molecule has 0 unspecified atom stereocenters. The van der Waals surface area contributed by atoms with Gasteiger partial charge in [-0.25, -0.2) is 0 Å². The fraction of sp³-hybridized carbons (Fsp3) is 0.467. The van der Waals surface area contributed by atoms with E-state index in [4.69, 9.17) is 5.26 Å². The van der Waals surface area contributed by atoms with Crippen LogP contribution in [0.2, 0.25) is 0 Å². The summed E-state index contributed by atoms with van der Waals surface area (Å²) in [6.07, 6.45) is 4.90. The molecular weight excluding hydrogens is 224 g/mol. The molecule has 0 aliphatic carbocycles. The molecular formula is C15H18N2O. The third kappa shape index (κ3) is 2.89. The monoisotopic (exact) mass is 242 g/mol. The highest BCUT2D eigenvalue weighted by Crippen LogP contribution is 2.16. The predicted octanol–water partition coefficient (Wildman–Crippen LogP) is 2.77. The lowest BCUT2D eigenvalue weighted by atomic mass is 10.0. The molecule has 1 aromatic carbocycles. The molecule has 1 aliphatic heterocycles. The van der Waals surface area contributed by atoms with Gasteiger partial charge in [-0.3, -0.25) is 4.79 Å². The summed E-state index contributed by atoms with van der Waals surface area (Å²) in [6.45, 7) is 1.69. The number of nitrogens with zero attached hydrogens (tertiary/aromatic N) is 2. The Morgan fingerprint density at radius 1 is 1.17 bits per heavy atom. The van der Waals surface area contributed by atoms with Crippen LogP contribution in [0.5, 0.6) is 0 Å². The van der Waals surface area contributed by atoms with Crippen molar-refractivity contribution in [2.75, 3.05) is 13.1 Å². The smallest absolute Gasteiger partial charge is 0.254 e. The second kappa shape index (κ2) is 6.20. The number of amides is 1. The lowest BCUT2D eigenvalue weighted by Gasteiger charge is -2.21. The first-order chi connectivity index (χ1) is 8.83. The van der Waals surface area contributed by atoms with E-state index in [0.717, 1.165) is 31.5 Å². The van der Waals surface area contributed by atoms with E-state index in [-0.39, 0.29) is 5.91 Å². The van der Waals surface area contributed by atoms with E-state index in [1.54, 1.807) is 0 Å². The molecule has 0 aromatic heterocycles. The standard InChI is InChI=1S/C15H18N2O/c16-10-9-13-7-3-4-8-14(13)15(18)17-11-5-1-2-6-12-17/h3-4,7-8H,1-2,5-6,9,11-12H2. The number of carbonyl (C=O) groups excluding carboxylic acids is 1. The highest BCUT2D eigenvalue weighted by molar-refractivity contribution is 5.95. The highest BCUT2D eigenvalue weighted by Gasteiger charge is 2.19. The van der Waals surface area contributed by atoms with Gasteiger partial charge in [-0.05, 0) is 24.5 Å². The summed E-state index contributed by atoms with van der Waals surface area (Å²) in [5.74, 6) is 0.0859. The second-order valence-corrected chi connectivity index (χ2v) is 4.70. The van der Waals surface area contributed by atoms with E-state index in [2.05, 4.69) is 6.07 Å². The van der Waals surface area contributed by atoms with Crippen molar-refractivity contribution < 1.29 is 4.79 Å². The molecule has 1 fully saturated rings. The highest BCUT2D eigenvalue weighted by atomic mass is 16.2. The maximum absolute atomic E-state index is 12.5. The first-order valence-electron chi connectivity index (χ1n) is 6.57. The zero-order valence-corrected chi connectivity index (χ0v) is 10.6. The van der Waals surface area contributed by atoms with Crippen molar-refractivity contribution in [2.45, 2.75) is 32.1 Å². The summed E-state index contributed by atoms with van der Waals surface area (Å²) in [7, 11) is 0. The van der Waals surface area contributed by atoms with Gasteiger partial charge in [0, 0.05) is 18.7 Å². The van der Waals surface area contributed by atoms with Crippen molar-refractivity contribution in [3.8, 4) is 6.07 Å². The van der Waals surface area contributed by atoms with Gasteiger partial charge in [-0.2, -0.15) is 5.26 Å². The van der Waals surface area contributed by atoms with E-state index in [1.807, 2.05) is 29.2 Å². The molecule has 18 heavy (non-hydrogen) atoms. The first-order valence-corrected chi connectivity index (χ1v) is 6.57. The molecule has 0 N–H and O–H groups in total. The first kappa shape index (κ1) is 12.6. The Bertz CT molecular complexity index is 454. The van der Waals surface area contributed by atoms with E-state index in [9.17, 15) is 4.79 Å². The topological polar surface area (TPSA) is 44.1 Å². The van der Waals surface area contributed by atoms with E-state index >= 15 is 0 Å². The average molecular weight is 242 g/mol. The minimum absolute atomic E-state index is 0.0859. The SMILES string of the molecule is N#CCc1ccccc1C(=O)N1CCCCCC1. The molecule has 0 spiro atoms. The van der Waals surface area contributed by atoms with Gasteiger partial charge in [-0.15, -0.1) is 0 Å². The van der Waals surface area contributed by atoms with Crippen LogP contribution in [0.15, 0.2) is 24.3 Å². The Kier molecular flexibility index (Phi) is 4.35. The zero-order valence-electron chi connectivity index (χ0n) is 10.6. The maximum Gasteiger partial charge on any atom is 0.254 e. The van der Waals surface area contributed by atoms with Crippen LogP contribution >= 0.6 is 0 Å². The van der Waals surface area contributed by atoms with Gasteiger partial charge in [-0.1, -0.05) is 31.0 Å². The van der Waals surface area contributed by atoms with Crippen molar-refractivity contribution in [3.05, 3.63) is 35.4 Å². The van der Waals surface area contributed by atoms with Crippen LogP contribution in [0.3, 0.4) is 0 Å².